The molecule has 174 valence electrons. The minimum Gasteiger partial charge on any atom is -0.367 e. The van der Waals surface area contributed by atoms with Gasteiger partial charge < -0.3 is 16.4 Å². The van der Waals surface area contributed by atoms with Crippen LogP contribution in [0.25, 0.3) is 11.1 Å². The molecule has 0 saturated heterocycles. The van der Waals surface area contributed by atoms with Crippen molar-refractivity contribution >= 4 is 23.2 Å². The molecule has 9 heteroatoms. The van der Waals surface area contributed by atoms with Gasteiger partial charge >= 0.3 is 6.18 Å². The van der Waals surface area contributed by atoms with E-state index in [2.05, 4.69) is 20.6 Å². The molecule has 1 aliphatic carbocycles. The highest BCUT2D eigenvalue weighted by Crippen LogP contribution is 2.32. The molecule has 2 heterocycles. The summed E-state index contributed by atoms with van der Waals surface area (Å²) in [7, 11) is 0. The summed E-state index contributed by atoms with van der Waals surface area (Å²) >= 11 is 6.43. The molecule has 0 amide bonds. The molecular weight excluding hydrogens is 451 g/mol. The Balaban J connectivity index is 1.44. The maximum absolute atomic E-state index is 12.7. The minimum absolute atomic E-state index is 0.280. The molecule has 0 atom stereocenters. The van der Waals surface area contributed by atoms with E-state index in [-0.39, 0.29) is 6.04 Å². The lowest BCUT2D eigenvalue weighted by Crippen LogP contribution is -2.33. The summed E-state index contributed by atoms with van der Waals surface area (Å²) in [4.78, 5) is 8.73. The van der Waals surface area contributed by atoms with Crippen molar-refractivity contribution in [3.8, 4) is 11.1 Å². The lowest BCUT2D eigenvalue weighted by Gasteiger charge is -2.27. The Morgan fingerprint density at radius 3 is 2.39 bits per heavy atom. The molecule has 4 N–H and O–H groups in total. The summed E-state index contributed by atoms with van der Waals surface area (Å²) < 4.78 is 38.2. The lowest BCUT2D eigenvalue weighted by molar-refractivity contribution is -0.137. The van der Waals surface area contributed by atoms with Crippen LogP contribution in [-0.4, -0.2) is 22.1 Å². The first kappa shape index (κ1) is 23.3. The molecule has 5 nitrogen and oxygen atoms in total. The molecule has 1 saturated carbocycles. The molecular formula is C24H25ClF3N5. The van der Waals surface area contributed by atoms with Crippen molar-refractivity contribution in [3.05, 3.63) is 71.0 Å². The number of nitrogens with zero attached hydrogens (tertiary/aromatic N) is 2. The fourth-order valence-electron chi connectivity index (χ4n) is 3.91. The Kier molecular flexibility index (Phi) is 7.05. The van der Waals surface area contributed by atoms with Crippen molar-refractivity contribution in [2.75, 3.05) is 10.6 Å². The summed E-state index contributed by atoms with van der Waals surface area (Å²) in [6.45, 7) is 0.343. The predicted octanol–water partition coefficient (Wildman–Crippen LogP) is 6.11. The molecule has 1 aliphatic rings. The molecule has 4 rings (SSSR count). The molecule has 0 spiro atoms. The number of halogens is 4. The maximum Gasteiger partial charge on any atom is 0.416 e. The highest BCUT2D eigenvalue weighted by molar-refractivity contribution is 6.33. The van der Waals surface area contributed by atoms with Crippen LogP contribution >= 0.6 is 11.6 Å². The number of hydrogen-bond acceptors (Lipinski definition) is 5. The van der Waals surface area contributed by atoms with Gasteiger partial charge in [-0.05, 0) is 67.1 Å². The zero-order valence-electron chi connectivity index (χ0n) is 17.9. The van der Waals surface area contributed by atoms with Crippen LogP contribution in [0.4, 0.5) is 24.8 Å². The molecule has 0 bridgehead atoms. The normalized spacial score (nSPS) is 18.7. The van der Waals surface area contributed by atoms with Gasteiger partial charge in [-0.3, -0.25) is 0 Å². The summed E-state index contributed by atoms with van der Waals surface area (Å²) in [5.41, 5.74) is 7.73. The van der Waals surface area contributed by atoms with Crippen molar-refractivity contribution in [3.63, 3.8) is 0 Å². The van der Waals surface area contributed by atoms with Crippen LogP contribution < -0.4 is 16.4 Å². The average Bonchev–Trinajstić information content (AvgIpc) is 2.80. The quantitative estimate of drug-likeness (QED) is 0.401. The van der Waals surface area contributed by atoms with E-state index >= 15 is 0 Å². The Morgan fingerprint density at radius 1 is 0.970 bits per heavy atom. The number of benzene rings is 1. The molecule has 33 heavy (non-hydrogen) atoms. The lowest BCUT2D eigenvalue weighted by atomic mass is 9.92. The summed E-state index contributed by atoms with van der Waals surface area (Å²) in [6, 6.07) is 11.3. The van der Waals surface area contributed by atoms with Gasteiger partial charge in [-0.15, -0.1) is 0 Å². The molecule has 0 aliphatic heterocycles. The number of anilines is 2. The highest BCUT2D eigenvalue weighted by Gasteiger charge is 2.29. The first-order chi connectivity index (χ1) is 15.8. The largest absolute Gasteiger partial charge is 0.416 e. The van der Waals surface area contributed by atoms with Crippen LogP contribution in [0.5, 0.6) is 0 Å². The average molecular weight is 476 g/mol. The maximum atomic E-state index is 12.7. The second kappa shape index (κ2) is 9.97. The van der Waals surface area contributed by atoms with E-state index in [1.54, 1.807) is 12.4 Å². The number of nitrogens with two attached hydrogens (primary N) is 1. The molecule has 3 aromatic rings. The number of pyridine rings is 2. The van der Waals surface area contributed by atoms with Crippen molar-refractivity contribution in [2.45, 2.75) is 50.5 Å². The first-order valence-corrected chi connectivity index (χ1v) is 11.2. The highest BCUT2D eigenvalue weighted by atomic mass is 35.5. The van der Waals surface area contributed by atoms with Crippen LogP contribution in [-0.2, 0) is 12.7 Å². The third-order valence-electron chi connectivity index (χ3n) is 5.81. The van der Waals surface area contributed by atoms with Gasteiger partial charge in [0.15, 0.2) is 0 Å². The fourth-order valence-corrected chi connectivity index (χ4v) is 4.12. The van der Waals surface area contributed by atoms with Crippen LogP contribution in [0, 0.1) is 0 Å². The molecule has 0 radical (unpaired) electrons. The predicted molar refractivity (Wildman–Crippen MR) is 125 cm³/mol. The number of nitrogens with one attached hydrogen (secondary N) is 2. The van der Waals surface area contributed by atoms with Crippen molar-refractivity contribution in [1.82, 2.24) is 9.97 Å². The number of hydrogen-bond donors (Lipinski definition) is 3. The van der Waals surface area contributed by atoms with E-state index in [4.69, 9.17) is 17.3 Å². The third kappa shape index (κ3) is 6.15. The van der Waals surface area contributed by atoms with Gasteiger partial charge in [-0.2, -0.15) is 13.2 Å². The van der Waals surface area contributed by atoms with Gasteiger partial charge in [-0.1, -0.05) is 23.7 Å². The number of rotatable bonds is 6. The van der Waals surface area contributed by atoms with Gasteiger partial charge in [0.05, 0.1) is 10.6 Å². The Labute approximate surface area is 195 Å². The molecule has 0 unspecified atom stereocenters. The zero-order chi connectivity index (χ0) is 23.4. The second-order valence-corrected chi connectivity index (χ2v) is 8.69. The standard InChI is InChI=1S/C24H25ClF3N5/c25-21-14-32-23(33-19-7-5-18(29)6-8-19)12-20(21)16-9-10-30-22(11-16)31-13-15-1-3-17(4-2-15)24(26,27)28/h1-4,9-12,14,18-19H,5-8,13,29H2,(H,30,31)(H,32,33)/t18-,19-. The van der Waals surface area contributed by atoms with Gasteiger partial charge in [0.1, 0.15) is 11.6 Å². The first-order valence-electron chi connectivity index (χ1n) is 10.8. The zero-order valence-corrected chi connectivity index (χ0v) is 18.6. The van der Waals surface area contributed by atoms with Crippen LogP contribution in [0.2, 0.25) is 5.02 Å². The Bertz CT molecular complexity index is 1080. The third-order valence-corrected chi connectivity index (χ3v) is 6.11. The van der Waals surface area contributed by atoms with E-state index in [9.17, 15) is 13.2 Å². The fraction of sp³-hybridized carbons (Fsp3) is 0.333. The van der Waals surface area contributed by atoms with Gasteiger partial charge in [0.2, 0.25) is 0 Å². The summed E-state index contributed by atoms with van der Waals surface area (Å²) in [6.07, 6.45) is 2.96. The molecule has 2 aromatic heterocycles. The van der Waals surface area contributed by atoms with Crippen LogP contribution in [0.15, 0.2) is 54.9 Å². The Hall–Kier alpha value is -2.84. The summed E-state index contributed by atoms with van der Waals surface area (Å²) in [5, 5.41) is 7.15. The SMILES string of the molecule is N[C@H]1CC[C@H](Nc2cc(-c3ccnc(NCc4ccc(C(F)(F)F)cc4)c3)c(Cl)cn2)CC1. The Morgan fingerprint density at radius 2 is 1.70 bits per heavy atom. The van der Waals surface area contributed by atoms with Crippen LogP contribution in [0.1, 0.15) is 36.8 Å². The van der Waals surface area contributed by atoms with Gasteiger partial charge in [-0.25, -0.2) is 9.97 Å². The van der Waals surface area contributed by atoms with E-state index in [1.807, 2.05) is 18.2 Å². The monoisotopic (exact) mass is 475 g/mol. The van der Waals surface area contributed by atoms with Crippen molar-refractivity contribution in [1.29, 1.82) is 0 Å². The van der Waals surface area contributed by atoms with Crippen molar-refractivity contribution < 1.29 is 13.2 Å². The van der Waals surface area contributed by atoms with E-state index in [1.165, 1.54) is 12.1 Å². The second-order valence-electron chi connectivity index (χ2n) is 8.28. The minimum atomic E-state index is -4.34. The topological polar surface area (TPSA) is 75.9 Å². The number of aromatic nitrogens is 2. The van der Waals surface area contributed by atoms with Crippen LogP contribution in [0.3, 0.4) is 0 Å². The van der Waals surface area contributed by atoms with E-state index in [0.29, 0.717) is 23.4 Å². The molecule has 1 fully saturated rings. The molecule has 1 aromatic carbocycles. The summed E-state index contributed by atoms with van der Waals surface area (Å²) in [5.74, 6) is 1.35. The number of alkyl halides is 3. The van der Waals surface area contributed by atoms with E-state index in [0.717, 1.165) is 60.3 Å². The van der Waals surface area contributed by atoms with E-state index < -0.39 is 11.7 Å². The smallest absolute Gasteiger partial charge is 0.367 e. The van der Waals surface area contributed by atoms with Crippen molar-refractivity contribution in [2.24, 2.45) is 5.73 Å². The van der Waals surface area contributed by atoms with Gasteiger partial charge in [0, 0.05) is 36.6 Å². The van der Waals surface area contributed by atoms with Gasteiger partial charge in [0.25, 0.3) is 0 Å².